The van der Waals surface area contributed by atoms with Crippen molar-refractivity contribution in [2.75, 3.05) is 23.8 Å². The van der Waals surface area contributed by atoms with E-state index in [2.05, 4.69) is 14.9 Å². The van der Waals surface area contributed by atoms with Crippen molar-refractivity contribution < 1.29 is 5.11 Å². The van der Waals surface area contributed by atoms with Gasteiger partial charge in [0.05, 0.1) is 5.52 Å². The first kappa shape index (κ1) is 13.1. The van der Waals surface area contributed by atoms with Crippen LogP contribution < -0.4 is 10.6 Å². The van der Waals surface area contributed by atoms with E-state index in [-0.39, 0.29) is 6.61 Å². The summed E-state index contributed by atoms with van der Waals surface area (Å²) < 4.78 is 0. The average Bonchev–Trinajstić information content (AvgIpc) is 2.48. The fraction of sp³-hybridized carbons (Fsp3) is 0.467. The highest BCUT2D eigenvalue weighted by molar-refractivity contribution is 5.91. The van der Waals surface area contributed by atoms with Gasteiger partial charge in [-0.05, 0) is 43.9 Å². The minimum absolute atomic E-state index is 0.215. The predicted molar refractivity (Wildman–Crippen MR) is 80.6 cm³/mol. The summed E-state index contributed by atoms with van der Waals surface area (Å²) in [6.45, 7) is 1.19. The van der Waals surface area contributed by atoms with Gasteiger partial charge in [-0.3, -0.25) is 0 Å². The molecule has 1 fully saturated rings. The second-order valence-electron chi connectivity index (χ2n) is 5.33. The van der Waals surface area contributed by atoms with E-state index in [4.69, 9.17) is 5.73 Å². The molecular weight excluding hydrogens is 252 g/mol. The van der Waals surface area contributed by atoms with E-state index in [0.717, 1.165) is 48.2 Å². The fourth-order valence-electron chi connectivity index (χ4n) is 3.02. The van der Waals surface area contributed by atoms with E-state index in [0.29, 0.717) is 6.04 Å². The maximum atomic E-state index is 9.26. The zero-order chi connectivity index (χ0) is 13.9. The van der Waals surface area contributed by atoms with Crippen molar-refractivity contribution in [3.8, 4) is 0 Å². The molecule has 1 aliphatic rings. The molecule has 0 bridgehead atoms. The summed E-state index contributed by atoms with van der Waals surface area (Å²) in [6, 6.07) is 6.09. The Kier molecular flexibility index (Phi) is 3.69. The van der Waals surface area contributed by atoms with Crippen LogP contribution >= 0.6 is 0 Å². The standard InChI is InChI=1S/C15H20N4O/c16-11-4-5-14-13(9-11)15(18-10-17-14)19-7-2-1-3-12(19)6-8-20/h4-5,9-10,12,20H,1-3,6-8,16H2. The van der Waals surface area contributed by atoms with Crippen LogP contribution in [-0.4, -0.2) is 34.3 Å². The molecule has 3 N–H and O–H groups in total. The molecule has 20 heavy (non-hydrogen) atoms. The van der Waals surface area contributed by atoms with E-state index < -0.39 is 0 Å². The third kappa shape index (κ3) is 2.41. The molecule has 0 aliphatic carbocycles. The second kappa shape index (κ2) is 5.63. The van der Waals surface area contributed by atoms with Gasteiger partial charge in [-0.25, -0.2) is 9.97 Å². The van der Waals surface area contributed by atoms with Gasteiger partial charge in [0.25, 0.3) is 0 Å². The molecule has 0 saturated carbocycles. The zero-order valence-corrected chi connectivity index (χ0v) is 11.5. The summed E-state index contributed by atoms with van der Waals surface area (Å²) in [5, 5.41) is 10.3. The molecule has 106 valence electrons. The Bertz CT molecular complexity index is 599. The first-order valence-electron chi connectivity index (χ1n) is 7.17. The smallest absolute Gasteiger partial charge is 0.140 e. The monoisotopic (exact) mass is 272 g/mol. The maximum Gasteiger partial charge on any atom is 0.140 e. The number of aliphatic hydroxyl groups is 1. The number of aromatic nitrogens is 2. The molecule has 1 aliphatic heterocycles. The van der Waals surface area contributed by atoms with Crippen LogP contribution in [0.2, 0.25) is 0 Å². The highest BCUT2D eigenvalue weighted by atomic mass is 16.3. The lowest BCUT2D eigenvalue weighted by molar-refractivity contribution is 0.262. The molecule has 0 radical (unpaired) electrons. The molecule has 1 atom stereocenters. The van der Waals surface area contributed by atoms with Crippen LogP contribution in [-0.2, 0) is 0 Å². The Balaban J connectivity index is 2.05. The number of nitrogen functional groups attached to an aromatic ring is 1. The molecule has 0 spiro atoms. The number of piperidine rings is 1. The van der Waals surface area contributed by atoms with Crippen LogP contribution in [0.15, 0.2) is 24.5 Å². The number of benzene rings is 1. The number of anilines is 2. The molecule has 5 heteroatoms. The SMILES string of the molecule is Nc1ccc2ncnc(N3CCCCC3CCO)c2c1. The largest absolute Gasteiger partial charge is 0.399 e. The van der Waals surface area contributed by atoms with Crippen LogP contribution in [0, 0.1) is 0 Å². The first-order valence-corrected chi connectivity index (χ1v) is 7.17. The van der Waals surface area contributed by atoms with E-state index in [9.17, 15) is 5.11 Å². The summed E-state index contributed by atoms with van der Waals surface area (Å²) in [4.78, 5) is 11.1. The van der Waals surface area contributed by atoms with Crippen molar-refractivity contribution >= 4 is 22.4 Å². The maximum absolute atomic E-state index is 9.26. The van der Waals surface area contributed by atoms with Crippen molar-refractivity contribution in [1.82, 2.24) is 9.97 Å². The molecule has 2 aromatic rings. The Labute approximate surface area is 118 Å². The number of hydrogen-bond donors (Lipinski definition) is 2. The molecule has 3 rings (SSSR count). The number of aliphatic hydroxyl groups excluding tert-OH is 1. The minimum Gasteiger partial charge on any atom is -0.399 e. The summed E-state index contributed by atoms with van der Waals surface area (Å²) in [7, 11) is 0. The summed E-state index contributed by atoms with van der Waals surface area (Å²) >= 11 is 0. The third-order valence-electron chi connectivity index (χ3n) is 4.00. The van der Waals surface area contributed by atoms with E-state index in [1.165, 1.54) is 6.42 Å². The van der Waals surface area contributed by atoms with E-state index in [1.54, 1.807) is 6.33 Å². The predicted octanol–water partition coefficient (Wildman–Crippen LogP) is 1.95. The minimum atomic E-state index is 0.215. The first-order chi connectivity index (χ1) is 9.79. The number of rotatable bonds is 3. The van der Waals surface area contributed by atoms with Gasteiger partial charge in [0, 0.05) is 30.3 Å². The van der Waals surface area contributed by atoms with Gasteiger partial charge in [-0.15, -0.1) is 0 Å². The number of nitrogens with zero attached hydrogens (tertiary/aromatic N) is 3. The highest BCUT2D eigenvalue weighted by Gasteiger charge is 2.24. The van der Waals surface area contributed by atoms with Crippen molar-refractivity contribution in [1.29, 1.82) is 0 Å². The van der Waals surface area contributed by atoms with Crippen molar-refractivity contribution in [3.05, 3.63) is 24.5 Å². The van der Waals surface area contributed by atoms with Gasteiger partial charge in [-0.1, -0.05) is 0 Å². The lowest BCUT2D eigenvalue weighted by Crippen LogP contribution is -2.40. The van der Waals surface area contributed by atoms with Crippen LogP contribution in [0.3, 0.4) is 0 Å². The van der Waals surface area contributed by atoms with Crippen LogP contribution in [0.5, 0.6) is 0 Å². The Morgan fingerprint density at radius 2 is 2.20 bits per heavy atom. The third-order valence-corrected chi connectivity index (χ3v) is 4.00. The second-order valence-corrected chi connectivity index (χ2v) is 5.33. The molecule has 2 heterocycles. The molecule has 1 saturated heterocycles. The van der Waals surface area contributed by atoms with Gasteiger partial charge in [0.2, 0.25) is 0 Å². The van der Waals surface area contributed by atoms with Crippen LogP contribution in [0.1, 0.15) is 25.7 Å². The van der Waals surface area contributed by atoms with Gasteiger partial charge < -0.3 is 15.7 Å². The zero-order valence-electron chi connectivity index (χ0n) is 11.5. The fourth-order valence-corrected chi connectivity index (χ4v) is 3.02. The molecule has 1 aromatic carbocycles. The van der Waals surface area contributed by atoms with Gasteiger partial charge in [-0.2, -0.15) is 0 Å². The molecule has 5 nitrogen and oxygen atoms in total. The molecule has 1 unspecified atom stereocenters. The van der Waals surface area contributed by atoms with Crippen LogP contribution in [0.25, 0.3) is 10.9 Å². The number of hydrogen-bond acceptors (Lipinski definition) is 5. The van der Waals surface area contributed by atoms with Gasteiger partial charge >= 0.3 is 0 Å². The topological polar surface area (TPSA) is 75.3 Å². The van der Waals surface area contributed by atoms with E-state index >= 15 is 0 Å². The molecular formula is C15H20N4O. The van der Waals surface area contributed by atoms with Crippen LogP contribution in [0.4, 0.5) is 11.5 Å². The number of nitrogens with two attached hydrogens (primary N) is 1. The van der Waals surface area contributed by atoms with Gasteiger partial charge in [0.15, 0.2) is 0 Å². The number of fused-ring (bicyclic) bond motifs is 1. The summed E-state index contributed by atoms with van der Waals surface area (Å²) in [5.41, 5.74) is 7.54. The summed E-state index contributed by atoms with van der Waals surface area (Å²) in [5.74, 6) is 0.945. The lowest BCUT2D eigenvalue weighted by Gasteiger charge is -2.37. The van der Waals surface area contributed by atoms with E-state index in [1.807, 2.05) is 18.2 Å². The van der Waals surface area contributed by atoms with Crippen molar-refractivity contribution in [3.63, 3.8) is 0 Å². The lowest BCUT2D eigenvalue weighted by atomic mass is 9.99. The Morgan fingerprint density at radius 3 is 3.05 bits per heavy atom. The Hall–Kier alpha value is -1.88. The average molecular weight is 272 g/mol. The Morgan fingerprint density at radius 1 is 1.30 bits per heavy atom. The normalized spacial score (nSPS) is 19.4. The molecule has 0 amide bonds. The van der Waals surface area contributed by atoms with Gasteiger partial charge in [0.1, 0.15) is 12.1 Å². The van der Waals surface area contributed by atoms with Crippen molar-refractivity contribution in [2.45, 2.75) is 31.7 Å². The van der Waals surface area contributed by atoms with Crippen molar-refractivity contribution in [2.24, 2.45) is 0 Å². The highest BCUT2D eigenvalue weighted by Crippen LogP contribution is 2.30. The quantitative estimate of drug-likeness (QED) is 0.835. The molecule has 1 aromatic heterocycles. The summed E-state index contributed by atoms with van der Waals surface area (Å²) in [6.07, 6.45) is 5.88.